The molecule has 17 heavy (non-hydrogen) atoms. The van der Waals surface area contributed by atoms with Gasteiger partial charge in [0.05, 0.1) is 13.2 Å². The van der Waals surface area contributed by atoms with E-state index in [9.17, 15) is 5.11 Å². The fraction of sp³-hybridized carbons (Fsp3) is 0.538. The predicted molar refractivity (Wildman–Crippen MR) is 69.3 cm³/mol. The van der Waals surface area contributed by atoms with Crippen molar-refractivity contribution in [3.8, 4) is 5.75 Å². The maximum absolute atomic E-state index is 9.69. The monoisotopic (exact) mass is 238 g/mol. The lowest BCUT2D eigenvalue weighted by atomic mass is 10.2. The van der Waals surface area contributed by atoms with Crippen LogP contribution in [0.3, 0.4) is 0 Å². The fourth-order valence-corrected chi connectivity index (χ4v) is 1.85. The zero-order valence-electron chi connectivity index (χ0n) is 10.8. The van der Waals surface area contributed by atoms with Crippen LogP contribution >= 0.6 is 0 Å². The van der Waals surface area contributed by atoms with Crippen LogP contribution < -0.4 is 10.1 Å². The Morgan fingerprint density at radius 1 is 1.41 bits per heavy atom. The van der Waals surface area contributed by atoms with Gasteiger partial charge < -0.3 is 15.2 Å². The molecule has 0 radical (unpaired) electrons. The molecule has 0 aliphatic carbocycles. The van der Waals surface area contributed by atoms with Gasteiger partial charge in [0, 0.05) is 25.2 Å². The summed E-state index contributed by atoms with van der Waals surface area (Å²) in [4.78, 5) is 2.08. The number of likely N-dealkylation sites (N-methyl/N-ethyl adjacent to an activating group) is 2. The van der Waals surface area contributed by atoms with Crippen LogP contribution in [0.4, 0.5) is 0 Å². The topological polar surface area (TPSA) is 44.7 Å². The van der Waals surface area contributed by atoms with Crippen LogP contribution in [0.5, 0.6) is 5.75 Å². The van der Waals surface area contributed by atoms with E-state index in [0.29, 0.717) is 13.1 Å². The minimum atomic E-state index is -0.347. The lowest BCUT2D eigenvalue weighted by molar-refractivity contribution is 0.123. The number of nitrogens with zero attached hydrogens (tertiary/aromatic N) is 1. The molecule has 1 rings (SSSR count). The molecule has 1 aromatic carbocycles. The summed E-state index contributed by atoms with van der Waals surface area (Å²) in [5, 5.41) is 12.6. The molecule has 0 saturated heterocycles. The van der Waals surface area contributed by atoms with Crippen molar-refractivity contribution in [1.82, 2.24) is 10.2 Å². The Morgan fingerprint density at radius 2 is 2.12 bits per heavy atom. The zero-order valence-corrected chi connectivity index (χ0v) is 10.8. The summed E-state index contributed by atoms with van der Waals surface area (Å²) in [7, 11) is 5.50. The lowest BCUT2D eigenvalue weighted by Crippen LogP contribution is -2.35. The van der Waals surface area contributed by atoms with Gasteiger partial charge in [0.15, 0.2) is 0 Å². The minimum Gasteiger partial charge on any atom is -0.496 e. The van der Waals surface area contributed by atoms with Gasteiger partial charge in [-0.15, -0.1) is 0 Å². The number of methoxy groups -OCH3 is 1. The average Bonchev–Trinajstić information content (AvgIpc) is 2.29. The van der Waals surface area contributed by atoms with E-state index in [0.717, 1.165) is 17.9 Å². The van der Waals surface area contributed by atoms with Crippen molar-refractivity contribution in [3.63, 3.8) is 0 Å². The highest BCUT2D eigenvalue weighted by atomic mass is 16.5. The van der Waals surface area contributed by atoms with Crippen molar-refractivity contribution in [1.29, 1.82) is 0 Å². The second kappa shape index (κ2) is 7.27. The van der Waals surface area contributed by atoms with Crippen molar-refractivity contribution in [2.75, 3.05) is 34.3 Å². The normalized spacial score (nSPS) is 12.8. The second-order valence-corrected chi connectivity index (χ2v) is 4.22. The Balaban J connectivity index is 2.52. The van der Waals surface area contributed by atoms with Gasteiger partial charge in [-0.2, -0.15) is 0 Å². The van der Waals surface area contributed by atoms with Crippen LogP contribution in [0, 0.1) is 0 Å². The minimum absolute atomic E-state index is 0.347. The van der Waals surface area contributed by atoms with E-state index in [1.165, 1.54) is 0 Å². The number of hydrogen-bond donors (Lipinski definition) is 2. The average molecular weight is 238 g/mol. The number of rotatable bonds is 7. The first-order valence-corrected chi connectivity index (χ1v) is 5.80. The summed E-state index contributed by atoms with van der Waals surface area (Å²) < 4.78 is 5.30. The van der Waals surface area contributed by atoms with Crippen LogP contribution in [0.15, 0.2) is 24.3 Å². The van der Waals surface area contributed by atoms with E-state index in [1.807, 2.05) is 38.4 Å². The Labute approximate surface area is 103 Å². The molecular formula is C13H22N2O2. The highest BCUT2D eigenvalue weighted by Gasteiger charge is 2.09. The third-order valence-electron chi connectivity index (χ3n) is 2.59. The quantitative estimate of drug-likeness (QED) is 0.734. The maximum atomic E-state index is 9.69. The summed E-state index contributed by atoms with van der Waals surface area (Å²) in [6.45, 7) is 2.01. The Morgan fingerprint density at radius 3 is 2.76 bits per heavy atom. The van der Waals surface area contributed by atoms with Gasteiger partial charge >= 0.3 is 0 Å². The van der Waals surface area contributed by atoms with Crippen LogP contribution in [-0.4, -0.2) is 50.4 Å². The molecule has 4 nitrogen and oxygen atoms in total. The number of aliphatic hydroxyl groups is 1. The van der Waals surface area contributed by atoms with Gasteiger partial charge in [-0.1, -0.05) is 18.2 Å². The van der Waals surface area contributed by atoms with Gasteiger partial charge in [-0.25, -0.2) is 0 Å². The number of benzene rings is 1. The highest BCUT2D eigenvalue weighted by molar-refractivity contribution is 5.32. The summed E-state index contributed by atoms with van der Waals surface area (Å²) in [6, 6.07) is 7.95. The first kappa shape index (κ1) is 14.0. The van der Waals surface area contributed by atoms with E-state index in [1.54, 1.807) is 7.11 Å². The van der Waals surface area contributed by atoms with Crippen molar-refractivity contribution >= 4 is 0 Å². The lowest BCUT2D eigenvalue weighted by Gasteiger charge is -2.21. The molecule has 0 fully saturated rings. The molecular weight excluding hydrogens is 216 g/mol. The molecule has 0 heterocycles. The molecule has 0 spiro atoms. The van der Waals surface area contributed by atoms with Crippen molar-refractivity contribution in [2.45, 2.75) is 12.6 Å². The van der Waals surface area contributed by atoms with Gasteiger partial charge in [0.2, 0.25) is 0 Å². The Bertz CT molecular complexity index is 331. The van der Waals surface area contributed by atoms with E-state index in [2.05, 4.69) is 10.2 Å². The van der Waals surface area contributed by atoms with Crippen molar-refractivity contribution in [2.24, 2.45) is 0 Å². The van der Waals surface area contributed by atoms with Gasteiger partial charge in [-0.05, 0) is 20.2 Å². The zero-order chi connectivity index (χ0) is 12.7. The van der Waals surface area contributed by atoms with Crippen LogP contribution in [0.1, 0.15) is 5.56 Å². The summed E-state index contributed by atoms with van der Waals surface area (Å²) >= 11 is 0. The highest BCUT2D eigenvalue weighted by Crippen LogP contribution is 2.18. The van der Waals surface area contributed by atoms with Gasteiger partial charge in [0.25, 0.3) is 0 Å². The van der Waals surface area contributed by atoms with Crippen molar-refractivity contribution < 1.29 is 9.84 Å². The number of ether oxygens (including phenoxy) is 1. The van der Waals surface area contributed by atoms with E-state index in [-0.39, 0.29) is 6.10 Å². The smallest absolute Gasteiger partial charge is 0.123 e. The third-order valence-corrected chi connectivity index (χ3v) is 2.59. The van der Waals surface area contributed by atoms with E-state index < -0.39 is 0 Å². The maximum Gasteiger partial charge on any atom is 0.123 e. The SMILES string of the molecule is CNCC(O)CN(C)Cc1ccccc1OC. The molecule has 96 valence electrons. The molecule has 1 atom stereocenters. The second-order valence-electron chi connectivity index (χ2n) is 4.22. The first-order chi connectivity index (χ1) is 8.17. The molecule has 4 heteroatoms. The fourth-order valence-electron chi connectivity index (χ4n) is 1.85. The molecule has 2 N–H and O–H groups in total. The Kier molecular flexibility index (Phi) is 5.97. The van der Waals surface area contributed by atoms with Crippen LogP contribution in [0.25, 0.3) is 0 Å². The molecule has 0 aliphatic rings. The van der Waals surface area contributed by atoms with Crippen LogP contribution in [0.2, 0.25) is 0 Å². The number of hydrogen-bond acceptors (Lipinski definition) is 4. The molecule has 0 saturated carbocycles. The van der Waals surface area contributed by atoms with Crippen molar-refractivity contribution in [3.05, 3.63) is 29.8 Å². The molecule has 0 amide bonds. The first-order valence-electron chi connectivity index (χ1n) is 5.80. The molecule has 1 aromatic rings. The molecule has 0 aromatic heterocycles. The van der Waals surface area contributed by atoms with Crippen LogP contribution in [-0.2, 0) is 6.54 Å². The van der Waals surface area contributed by atoms with E-state index in [4.69, 9.17) is 4.74 Å². The summed E-state index contributed by atoms with van der Waals surface area (Å²) in [6.07, 6.45) is -0.347. The summed E-state index contributed by atoms with van der Waals surface area (Å²) in [5.74, 6) is 0.891. The summed E-state index contributed by atoms with van der Waals surface area (Å²) in [5.41, 5.74) is 1.13. The van der Waals surface area contributed by atoms with E-state index >= 15 is 0 Å². The molecule has 0 bridgehead atoms. The third kappa shape index (κ3) is 4.73. The standard InChI is InChI=1S/C13H22N2O2/c1-14-8-12(16)10-15(2)9-11-6-4-5-7-13(11)17-3/h4-7,12,14,16H,8-10H2,1-3H3. The Hall–Kier alpha value is -1.10. The van der Waals surface area contributed by atoms with Gasteiger partial charge in [0.1, 0.15) is 5.75 Å². The number of aliphatic hydroxyl groups excluding tert-OH is 1. The molecule has 1 unspecified atom stereocenters. The largest absolute Gasteiger partial charge is 0.496 e. The van der Waals surface area contributed by atoms with Gasteiger partial charge in [-0.3, -0.25) is 4.90 Å². The predicted octanol–water partition coefficient (Wildman–Crippen LogP) is 0.707. The number of nitrogens with one attached hydrogen (secondary N) is 1. The molecule has 0 aliphatic heterocycles. The number of para-hydroxylation sites is 1.